The average molecular weight is 1350 g/mol. The van der Waals surface area contributed by atoms with Gasteiger partial charge in [0, 0.05) is 76.6 Å². The van der Waals surface area contributed by atoms with Gasteiger partial charge >= 0.3 is 6.09 Å². The lowest BCUT2D eigenvalue weighted by atomic mass is 10.0. The number of carbonyl (C=O) groups is 1. The highest BCUT2D eigenvalue weighted by Crippen LogP contribution is 2.45. The van der Waals surface area contributed by atoms with Gasteiger partial charge in [-0.2, -0.15) is 0 Å². The zero-order chi connectivity index (χ0) is 69.3. The van der Waals surface area contributed by atoms with Crippen LogP contribution in [0.25, 0.3) is 143 Å². The predicted molar refractivity (Wildman–Crippen MR) is 442 cm³/mol. The van der Waals surface area contributed by atoms with Crippen LogP contribution in [0.3, 0.4) is 0 Å². The first-order valence-corrected chi connectivity index (χ1v) is 37.0. The summed E-state index contributed by atoms with van der Waals surface area (Å²) in [5.74, 6) is 0. The summed E-state index contributed by atoms with van der Waals surface area (Å²) in [6.07, 6.45) is 8.66. The second-order valence-corrected chi connectivity index (χ2v) is 29.0. The molecule has 516 valence electrons. The predicted octanol–water partition coefficient (Wildman–Crippen LogP) is 26.0. The van der Waals surface area contributed by atoms with Crippen molar-refractivity contribution in [2.75, 3.05) is 0 Å². The summed E-state index contributed by atoms with van der Waals surface area (Å²) in [6, 6.07) is 82.5. The Kier molecular flexibility index (Phi) is 17.5. The molecule has 1 aliphatic carbocycles. The molecule has 0 amide bonds. The third-order valence-electron chi connectivity index (χ3n) is 22.1. The number of benzene rings is 12. The van der Waals surface area contributed by atoms with Crippen molar-refractivity contribution in [1.29, 1.82) is 0 Å². The first-order chi connectivity index (χ1) is 49.2. The van der Waals surface area contributed by atoms with Crippen LogP contribution >= 0.6 is 0 Å². The molecule has 7 nitrogen and oxygen atoms in total. The highest BCUT2D eigenvalue weighted by Gasteiger charge is 2.27. The number of aryl methyl sites for hydroxylation is 8. The molecule has 5 heterocycles. The Balaban J connectivity index is 0.000000164. The minimum absolute atomic E-state index is 0. The van der Waals surface area contributed by atoms with Crippen molar-refractivity contribution >= 4 is 115 Å². The van der Waals surface area contributed by atoms with Crippen LogP contribution in [0.4, 0.5) is 4.79 Å². The lowest BCUT2D eigenvalue weighted by Crippen LogP contribution is -2.27. The van der Waals surface area contributed by atoms with Gasteiger partial charge in [-0.05, 0) is 291 Å². The average Bonchev–Trinajstić information content (AvgIpc) is 1.58. The first kappa shape index (κ1) is 67.9. The maximum atomic E-state index is 14.1. The zero-order valence-corrected chi connectivity index (χ0v) is 60.2. The van der Waals surface area contributed by atoms with Gasteiger partial charge in [0.1, 0.15) is 5.60 Å². The van der Waals surface area contributed by atoms with Crippen LogP contribution in [0.15, 0.2) is 218 Å². The van der Waals surface area contributed by atoms with E-state index in [1.54, 1.807) is 4.57 Å². The lowest BCUT2D eigenvalue weighted by Gasteiger charge is -2.20. The molecular formula is C96H95N5O2. The molecule has 0 saturated carbocycles. The molecule has 0 spiro atoms. The number of ether oxygens (including phenoxy) is 1. The Hall–Kier alpha value is -10.9. The van der Waals surface area contributed by atoms with Gasteiger partial charge in [-0.15, -0.1) is 0 Å². The van der Waals surface area contributed by atoms with E-state index in [0.29, 0.717) is 0 Å². The molecule has 17 aromatic rings. The highest BCUT2D eigenvalue weighted by atomic mass is 16.6. The summed E-state index contributed by atoms with van der Waals surface area (Å²) >= 11 is 0. The minimum atomic E-state index is -0.644. The monoisotopic (exact) mass is 1350 g/mol. The Labute approximate surface area is 606 Å². The summed E-state index contributed by atoms with van der Waals surface area (Å²) in [7, 11) is 0. The second-order valence-electron chi connectivity index (χ2n) is 29.0. The van der Waals surface area contributed by atoms with E-state index < -0.39 is 5.60 Å². The van der Waals surface area contributed by atoms with E-state index in [2.05, 4.69) is 292 Å². The molecule has 7 heteroatoms. The van der Waals surface area contributed by atoms with Crippen LogP contribution in [-0.2, 0) is 62.5 Å². The molecule has 0 atom stereocenters. The molecule has 0 N–H and O–H groups in total. The maximum absolute atomic E-state index is 14.1. The van der Waals surface area contributed by atoms with Gasteiger partial charge in [0.25, 0.3) is 0 Å². The molecule has 18 rings (SSSR count). The maximum Gasteiger partial charge on any atom is 0.419 e. The zero-order valence-electron chi connectivity index (χ0n) is 60.2. The van der Waals surface area contributed by atoms with Gasteiger partial charge in [0.15, 0.2) is 0 Å². The van der Waals surface area contributed by atoms with E-state index in [1.165, 1.54) is 165 Å². The fourth-order valence-electron chi connectivity index (χ4n) is 16.8. The number of aromatic nitrogens is 5. The number of hydrogen-bond acceptors (Lipinski definition) is 2. The minimum Gasteiger partial charge on any atom is -0.443 e. The number of rotatable bonds is 12. The van der Waals surface area contributed by atoms with Crippen LogP contribution in [-0.4, -0.2) is 34.5 Å². The summed E-state index contributed by atoms with van der Waals surface area (Å²) in [6.45, 7) is 23.6. The fraction of sp³-hybridized carbons (Fsp3) is 0.240. The Morgan fingerprint density at radius 1 is 0.311 bits per heavy atom. The van der Waals surface area contributed by atoms with Gasteiger partial charge in [-0.1, -0.05) is 143 Å². The summed E-state index contributed by atoms with van der Waals surface area (Å²) < 4.78 is 17.5. The topological polar surface area (TPSA) is 51.0 Å². The summed E-state index contributed by atoms with van der Waals surface area (Å²) in [5.41, 5.74) is 31.9. The Bertz CT molecular complexity index is 6140. The van der Waals surface area contributed by atoms with Crippen LogP contribution in [0.1, 0.15) is 147 Å². The summed E-state index contributed by atoms with van der Waals surface area (Å²) in [5, 5.41) is 12.6. The van der Waals surface area contributed by atoms with Crippen molar-refractivity contribution in [3.05, 3.63) is 274 Å². The van der Waals surface area contributed by atoms with Gasteiger partial charge in [0.2, 0.25) is 0 Å². The fourth-order valence-corrected chi connectivity index (χ4v) is 16.8. The standard InChI is InChI=1S/C49H47N3O2.C45H40N2.2CH4/c1-8-30-15-20-41-36(25-30)37-26-31(9-2)16-21-42(37)50(41)34-18-23-43-38(28-34)39-29-35(19-24-44(39)52(43)48(53)54-49(5,6)7)51-45-22-17-32(10-3)27-40(45)47-33(11-4)13-12-14-46(47)51;1-5-28-12-19-41-38(22-28)39-23-29(6-2)13-20-42(39)46(41)34-17-15-32-25-33-16-18-35(27-37(33)36(32)26-34)47-43-21-14-30(7-3)24-40(43)45-31(8-4)10-9-11-44(45)47;;/h12-29H,8-11H2,1-7H3;9-24,26-27H,5-8,25H2,1-4H3;2*1H4. The van der Waals surface area contributed by atoms with Crippen molar-refractivity contribution in [2.24, 2.45) is 0 Å². The Morgan fingerprint density at radius 3 is 0.913 bits per heavy atom. The van der Waals surface area contributed by atoms with Crippen LogP contribution in [0, 0.1) is 0 Å². The quantitative estimate of drug-likeness (QED) is 0.122. The largest absolute Gasteiger partial charge is 0.443 e. The van der Waals surface area contributed by atoms with Crippen molar-refractivity contribution in [3.8, 4) is 33.9 Å². The van der Waals surface area contributed by atoms with Crippen LogP contribution < -0.4 is 0 Å². The third kappa shape index (κ3) is 11.0. The molecular weight excluding hydrogens is 1260 g/mol. The molecule has 103 heavy (non-hydrogen) atoms. The van der Waals surface area contributed by atoms with Crippen molar-refractivity contribution in [1.82, 2.24) is 22.8 Å². The van der Waals surface area contributed by atoms with Crippen LogP contribution in [0.5, 0.6) is 0 Å². The molecule has 5 aromatic heterocycles. The molecule has 0 bridgehead atoms. The number of nitrogens with zero attached hydrogens (tertiary/aromatic N) is 5. The molecule has 0 radical (unpaired) electrons. The molecule has 0 unspecified atom stereocenters. The van der Waals surface area contributed by atoms with Gasteiger partial charge in [-0.3, -0.25) is 0 Å². The molecule has 0 saturated heterocycles. The van der Waals surface area contributed by atoms with Crippen molar-refractivity contribution in [2.45, 2.75) is 154 Å². The van der Waals surface area contributed by atoms with Crippen molar-refractivity contribution < 1.29 is 9.53 Å². The SMILES string of the molecule is C.C.CCc1ccc2c(c1)c1cc(CC)ccc1n2-c1ccc2c(c1)-c1cc(-n3c4ccc(CC)cc4c4c(CC)cccc43)ccc1C2.CCc1ccc2c(c1)c1cc(CC)ccc1n2-c1ccc2c(c1)c1cc(-n3c4ccc(CC)cc4c4c(CC)cccc43)ccc1n2C(=O)OC(C)(C)C. The first-order valence-electron chi connectivity index (χ1n) is 37.0. The Morgan fingerprint density at radius 2 is 0.592 bits per heavy atom. The normalized spacial score (nSPS) is 12.2. The number of fused-ring (bicyclic) bond motifs is 18. The van der Waals surface area contributed by atoms with Crippen LogP contribution in [0.2, 0.25) is 0 Å². The smallest absolute Gasteiger partial charge is 0.419 e. The van der Waals surface area contributed by atoms with E-state index in [0.717, 1.165) is 91.0 Å². The van der Waals surface area contributed by atoms with Gasteiger partial charge in [0.05, 0.1) is 55.2 Å². The van der Waals surface area contributed by atoms with E-state index in [-0.39, 0.29) is 20.9 Å². The lowest BCUT2D eigenvalue weighted by molar-refractivity contribution is 0.0551. The van der Waals surface area contributed by atoms with E-state index in [1.807, 2.05) is 20.8 Å². The molecule has 12 aromatic carbocycles. The van der Waals surface area contributed by atoms with Gasteiger partial charge in [-0.25, -0.2) is 9.36 Å². The number of carbonyl (C=O) groups excluding carboxylic acids is 1. The number of hydrogen-bond donors (Lipinski definition) is 0. The highest BCUT2D eigenvalue weighted by molar-refractivity contribution is 6.17. The van der Waals surface area contributed by atoms with E-state index >= 15 is 0 Å². The molecule has 1 aliphatic rings. The van der Waals surface area contributed by atoms with E-state index in [4.69, 9.17) is 4.74 Å². The second kappa shape index (κ2) is 26.5. The van der Waals surface area contributed by atoms with E-state index in [9.17, 15) is 4.79 Å². The van der Waals surface area contributed by atoms with Crippen molar-refractivity contribution in [3.63, 3.8) is 0 Å². The third-order valence-corrected chi connectivity index (χ3v) is 22.1. The van der Waals surface area contributed by atoms with Gasteiger partial charge < -0.3 is 23.0 Å². The molecule has 0 aliphatic heterocycles. The molecule has 0 fully saturated rings. The summed E-state index contributed by atoms with van der Waals surface area (Å²) in [4.78, 5) is 14.1.